The molecule has 0 spiro atoms. The van der Waals surface area contributed by atoms with E-state index in [4.69, 9.17) is 9.47 Å². The molecule has 1 aromatic heterocycles. The van der Waals surface area contributed by atoms with E-state index in [0.717, 1.165) is 25.8 Å². The Labute approximate surface area is 119 Å². The van der Waals surface area contributed by atoms with E-state index in [9.17, 15) is 4.79 Å². The number of methoxy groups -OCH3 is 1. The number of piperidine rings is 1. The molecule has 1 saturated heterocycles. The monoisotopic (exact) mass is 279 g/mol. The number of ether oxygens (including phenoxy) is 2. The molecule has 20 heavy (non-hydrogen) atoms. The van der Waals surface area contributed by atoms with Gasteiger partial charge in [0.1, 0.15) is 6.10 Å². The quantitative estimate of drug-likeness (QED) is 0.820. The molecule has 0 saturated carbocycles. The van der Waals surface area contributed by atoms with E-state index in [-0.39, 0.29) is 12.0 Å². The standard InChI is InChI=1S/C14H21N3O3/c1-3-5-14(18)17-9-4-6-11(10-17)20-13-8-7-12(19-2)15-16-13/h7-8,11H,3-6,9-10H2,1-2H3. The second-order valence-corrected chi connectivity index (χ2v) is 4.89. The fourth-order valence-electron chi connectivity index (χ4n) is 2.28. The molecule has 0 radical (unpaired) electrons. The maximum Gasteiger partial charge on any atom is 0.233 e. The van der Waals surface area contributed by atoms with Gasteiger partial charge >= 0.3 is 0 Å². The van der Waals surface area contributed by atoms with Crippen LogP contribution in [0.25, 0.3) is 0 Å². The summed E-state index contributed by atoms with van der Waals surface area (Å²) in [5.74, 6) is 1.14. The van der Waals surface area contributed by atoms with Gasteiger partial charge in [0.2, 0.25) is 17.7 Å². The average molecular weight is 279 g/mol. The van der Waals surface area contributed by atoms with Gasteiger partial charge in [-0.3, -0.25) is 4.79 Å². The first-order valence-electron chi connectivity index (χ1n) is 7.05. The maximum atomic E-state index is 11.9. The second kappa shape index (κ2) is 7.07. The van der Waals surface area contributed by atoms with E-state index in [1.807, 2.05) is 11.8 Å². The van der Waals surface area contributed by atoms with E-state index in [1.165, 1.54) is 0 Å². The van der Waals surface area contributed by atoms with Gasteiger partial charge in [-0.15, -0.1) is 10.2 Å². The third-order valence-electron chi connectivity index (χ3n) is 3.31. The van der Waals surface area contributed by atoms with E-state index < -0.39 is 0 Å². The number of carbonyl (C=O) groups is 1. The Balaban J connectivity index is 1.90. The Bertz CT molecular complexity index is 436. The number of hydrogen-bond acceptors (Lipinski definition) is 5. The molecule has 1 aromatic rings. The highest BCUT2D eigenvalue weighted by molar-refractivity contribution is 5.76. The number of amides is 1. The van der Waals surface area contributed by atoms with Crippen molar-refractivity contribution in [2.45, 2.75) is 38.7 Å². The molecular formula is C14H21N3O3. The first-order valence-corrected chi connectivity index (χ1v) is 7.05. The highest BCUT2D eigenvalue weighted by atomic mass is 16.5. The maximum absolute atomic E-state index is 11.9. The predicted molar refractivity (Wildman–Crippen MR) is 73.7 cm³/mol. The van der Waals surface area contributed by atoms with Crippen LogP contribution >= 0.6 is 0 Å². The van der Waals surface area contributed by atoms with Crippen molar-refractivity contribution < 1.29 is 14.3 Å². The lowest BCUT2D eigenvalue weighted by atomic mass is 10.1. The Hall–Kier alpha value is -1.85. The zero-order valence-electron chi connectivity index (χ0n) is 12.0. The minimum Gasteiger partial charge on any atom is -0.480 e. The van der Waals surface area contributed by atoms with E-state index in [1.54, 1.807) is 19.2 Å². The van der Waals surface area contributed by atoms with Crippen LogP contribution in [0.2, 0.25) is 0 Å². The molecule has 1 aliphatic heterocycles. The number of carbonyl (C=O) groups excluding carboxylic acids is 1. The van der Waals surface area contributed by atoms with Crippen molar-refractivity contribution in [3.63, 3.8) is 0 Å². The smallest absolute Gasteiger partial charge is 0.233 e. The summed E-state index contributed by atoms with van der Waals surface area (Å²) in [5.41, 5.74) is 0. The molecule has 2 heterocycles. The van der Waals surface area contributed by atoms with Gasteiger partial charge in [-0.25, -0.2) is 0 Å². The van der Waals surface area contributed by atoms with Crippen LogP contribution in [-0.4, -0.2) is 47.3 Å². The van der Waals surface area contributed by atoms with E-state index in [0.29, 0.717) is 24.7 Å². The van der Waals surface area contributed by atoms with Crippen LogP contribution in [0.15, 0.2) is 12.1 Å². The third kappa shape index (κ3) is 3.82. The SMILES string of the molecule is CCCC(=O)N1CCCC(Oc2ccc(OC)nn2)C1. The Morgan fingerprint density at radius 3 is 2.80 bits per heavy atom. The van der Waals surface area contributed by atoms with Gasteiger partial charge in [0.15, 0.2) is 0 Å². The molecule has 0 aromatic carbocycles. The fraction of sp³-hybridized carbons (Fsp3) is 0.643. The van der Waals surface area contributed by atoms with Gasteiger partial charge in [0, 0.05) is 25.1 Å². The highest BCUT2D eigenvalue weighted by Gasteiger charge is 2.24. The summed E-state index contributed by atoms with van der Waals surface area (Å²) < 4.78 is 10.7. The Morgan fingerprint density at radius 1 is 1.40 bits per heavy atom. The van der Waals surface area contributed by atoms with Crippen molar-refractivity contribution in [1.29, 1.82) is 0 Å². The van der Waals surface area contributed by atoms with Crippen molar-refractivity contribution in [2.24, 2.45) is 0 Å². The van der Waals surface area contributed by atoms with Crippen LogP contribution in [0.1, 0.15) is 32.6 Å². The van der Waals surface area contributed by atoms with Gasteiger partial charge < -0.3 is 14.4 Å². The van der Waals surface area contributed by atoms with Crippen LogP contribution in [0.3, 0.4) is 0 Å². The number of aromatic nitrogens is 2. The Kier molecular flexibility index (Phi) is 5.15. The number of likely N-dealkylation sites (tertiary alicyclic amines) is 1. The molecule has 2 rings (SSSR count). The van der Waals surface area contributed by atoms with E-state index in [2.05, 4.69) is 10.2 Å². The zero-order chi connectivity index (χ0) is 14.4. The topological polar surface area (TPSA) is 64.6 Å². The minimum absolute atomic E-state index is 0.00717. The number of hydrogen-bond donors (Lipinski definition) is 0. The molecule has 0 bridgehead atoms. The van der Waals surface area contributed by atoms with Crippen LogP contribution < -0.4 is 9.47 Å². The van der Waals surface area contributed by atoms with Gasteiger partial charge in [-0.2, -0.15) is 0 Å². The molecule has 110 valence electrons. The van der Waals surface area contributed by atoms with Crippen molar-refractivity contribution in [2.75, 3.05) is 20.2 Å². The normalized spacial score (nSPS) is 18.7. The molecule has 0 aliphatic carbocycles. The lowest BCUT2D eigenvalue weighted by Gasteiger charge is -2.32. The van der Waals surface area contributed by atoms with Crippen LogP contribution in [-0.2, 0) is 4.79 Å². The number of nitrogens with zero attached hydrogens (tertiary/aromatic N) is 3. The third-order valence-corrected chi connectivity index (χ3v) is 3.31. The van der Waals surface area contributed by atoms with Crippen LogP contribution in [0, 0.1) is 0 Å². The molecule has 1 unspecified atom stereocenters. The molecular weight excluding hydrogens is 258 g/mol. The Morgan fingerprint density at radius 2 is 2.15 bits per heavy atom. The lowest BCUT2D eigenvalue weighted by molar-refractivity contribution is -0.133. The lowest BCUT2D eigenvalue weighted by Crippen LogP contribution is -2.44. The van der Waals surface area contributed by atoms with Crippen LogP contribution in [0.4, 0.5) is 0 Å². The number of rotatable bonds is 5. The first kappa shape index (κ1) is 14.6. The zero-order valence-corrected chi connectivity index (χ0v) is 12.0. The molecule has 1 aliphatic rings. The van der Waals surface area contributed by atoms with Gasteiger partial charge in [0.05, 0.1) is 13.7 Å². The summed E-state index contributed by atoms with van der Waals surface area (Å²) in [6.07, 6.45) is 3.37. The summed E-state index contributed by atoms with van der Waals surface area (Å²) in [7, 11) is 1.54. The van der Waals surface area contributed by atoms with Crippen molar-refractivity contribution in [3.8, 4) is 11.8 Å². The van der Waals surface area contributed by atoms with Gasteiger partial charge in [0.25, 0.3) is 0 Å². The van der Waals surface area contributed by atoms with Crippen molar-refractivity contribution >= 4 is 5.91 Å². The molecule has 0 N–H and O–H groups in total. The second-order valence-electron chi connectivity index (χ2n) is 4.89. The van der Waals surface area contributed by atoms with E-state index >= 15 is 0 Å². The molecule has 1 fully saturated rings. The van der Waals surface area contributed by atoms with Crippen molar-refractivity contribution in [1.82, 2.24) is 15.1 Å². The summed E-state index contributed by atoms with van der Waals surface area (Å²) in [4.78, 5) is 13.8. The fourth-order valence-corrected chi connectivity index (χ4v) is 2.28. The first-order chi connectivity index (χ1) is 9.72. The molecule has 6 nitrogen and oxygen atoms in total. The summed E-state index contributed by atoms with van der Waals surface area (Å²) in [6, 6.07) is 3.45. The summed E-state index contributed by atoms with van der Waals surface area (Å²) in [6.45, 7) is 3.47. The average Bonchev–Trinajstić information content (AvgIpc) is 2.48. The van der Waals surface area contributed by atoms with Crippen LogP contribution in [0.5, 0.6) is 11.8 Å². The predicted octanol–water partition coefficient (Wildman–Crippen LogP) is 1.66. The molecule has 6 heteroatoms. The van der Waals surface area contributed by atoms with Gasteiger partial charge in [-0.05, 0) is 19.3 Å². The van der Waals surface area contributed by atoms with Gasteiger partial charge in [-0.1, -0.05) is 6.92 Å². The van der Waals surface area contributed by atoms with Crippen molar-refractivity contribution in [3.05, 3.63) is 12.1 Å². The summed E-state index contributed by atoms with van der Waals surface area (Å²) >= 11 is 0. The largest absolute Gasteiger partial charge is 0.480 e. The highest BCUT2D eigenvalue weighted by Crippen LogP contribution is 2.18. The molecule has 1 amide bonds. The molecule has 1 atom stereocenters. The minimum atomic E-state index is -0.00717. The summed E-state index contributed by atoms with van der Waals surface area (Å²) in [5, 5.41) is 7.82.